The van der Waals surface area contributed by atoms with Crippen LogP contribution in [0.3, 0.4) is 0 Å². The number of carbonyl (C=O) groups excluding carboxylic acids is 1. The minimum atomic E-state index is -0.295. The van der Waals surface area contributed by atoms with Crippen molar-refractivity contribution >= 4 is 11.6 Å². The second kappa shape index (κ2) is 9.03. The summed E-state index contributed by atoms with van der Waals surface area (Å²) in [4.78, 5) is 14.3. The number of aliphatic hydroxyl groups excluding tert-OH is 1. The second-order valence-electron chi connectivity index (χ2n) is 5.68. The number of nitrogens with one attached hydrogen (secondary N) is 1. The Balaban J connectivity index is 1.98. The number of carbonyl (C=O) groups is 1. The molecule has 2 rings (SSSR count). The predicted molar refractivity (Wildman–Crippen MR) is 93.3 cm³/mol. The number of aliphatic hydroxyl groups is 1. The first-order valence-corrected chi connectivity index (χ1v) is 8.06. The molecule has 0 saturated carbocycles. The van der Waals surface area contributed by atoms with E-state index in [0.717, 1.165) is 11.3 Å². The van der Waals surface area contributed by atoms with Gasteiger partial charge in [-0.15, -0.1) is 0 Å². The topological polar surface area (TPSA) is 52.6 Å². The Labute approximate surface area is 141 Å². The Morgan fingerprint density at radius 2 is 1.83 bits per heavy atom. The largest absolute Gasteiger partial charge is 0.396 e. The second-order valence-corrected chi connectivity index (χ2v) is 5.68. The van der Waals surface area contributed by atoms with Gasteiger partial charge in [0.25, 0.3) is 0 Å². The maximum Gasteiger partial charge on any atom is 0.239 e. The molecule has 0 aliphatic carbocycles. The zero-order valence-corrected chi connectivity index (χ0v) is 13.8. The summed E-state index contributed by atoms with van der Waals surface area (Å²) in [6.07, 6.45) is 0.593. The summed E-state index contributed by atoms with van der Waals surface area (Å²) < 4.78 is 13.0. The molecule has 5 heteroatoms. The SMILES string of the molecule is CC(NC(=O)CN(CCCO)c1ccccc1)c1ccc(F)cc1. The highest BCUT2D eigenvalue weighted by Crippen LogP contribution is 2.15. The highest BCUT2D eigenvalue weighted by atomic mass is 19.1. The molecule has 0 fully saturated rings. The van der Waals surface area contributed by atoms with Crippen LogP contribution in [0.1, 0.15) is 24.9 Å². The molecule has 2 N–H and O–H groups in total. The highest BCUT2D eigenvalue weighted by molar-refractivity contribution is 5.81. The van der Waals surface area contributed by atoms with E-state index in [2.05, 4.69) is 5.32 Å². The zero-order chi connectivity index (χ0) is 17.4. The Hall–Kier alpha value is -2.40. The molecule has 1 unspecified atom stereocenters. The number of halogens is 1. The van der Waals surface area contributed by atoms with Crippen LogP contribution in [0.15, 0.2) is 54.6 Å². The van der Waals surface area contributed by atoms with Crippen molar-refractivity contribution in [3.63, 3.8) is 0 Å². The smallest absolute Gasteiger partial charge is 0.239 e. The zero-order valence-electron chi connectivity index (χ0n) is 13.8. The summed E-state index contributed by atoms with van der Waals surface area (Å²) in [5, 5.41) is 12.0. The Morgan fingerprint density at radius 1 is 1.17 bits per heavy atom. The quantitative estimate of drug-likeness (QED) is 0.782. The first-order chi connectivity index (χ1) is 11.6. The van der Waals surface area contributed by atoms with Gasteiger partial charge in [-0.25, -0.2) is 4.39 Å². The summed E-state index contributed by atoms with van der Waals surface area (Å²) in [7, 11) is 0. The summed E-state index contributed by atoms with van der Waals surface area (Å²) >= 11 is 0. The van der Waals surface area contributed by atoms with Gasteiger partial charge in [-0.05, 0) is 43.2 Å². The molecule has 0 aromatic heterocycles. The molecule has 0 heterocycles. The lowest BCUT2D eigenvalue weighted by Crippen LogP contribution is -2.39. The van der Waals surface area contributed by atoms with E-state index >= 15 is 0 Å². The number of hydrogen-bond donors (Lipinski definition) is 2. The third-order valence-electron chi connectivity index (χ3n) is 3.79. The number of nitrogens with zero attached hydrogens (tertiary/aromatic N) is 1. The number of hydrogen-bond acceptors (Lipinski definition) is 3. The van der Waals surface area contributed by atoms with E-state index in [0.29, 0.717) is 13.0 Å². The van der Waals surface area contributed by atoms with Crippen LogP contribution in [-0.4, -0.2) is 30.7 Å². The molecule has 24 heavy (non-hydrogen) atoms. The van der Waals surface area contributed by atoms with Crippen molar-refractivity contribution in [3.05, 3.63) is 66.0 Å². The van der Waals surface area contributed by atoms with Crippen LogP contribution in [0.2, 0.25) is 0 Å². The fourth-order valence-corrected chi connectivity index (χ4v) is 2.50. The first kappa shape index (κ1) is 17.9. The molecule has 1 atom stereocenters. The van der Waals surface area contributed by atoms with E-state index < -0.39 is 0 Å². The van der Waals surface area contributed by atoms with Gasteiger partial charge in [-0.1, -0.05) is 30.3 Å². The van der Waals surface area contributed by atoms with Gasteiger partial charge in [0, 0.05) is 18.8 Å². The molecule has 0 spiro atoms. The maximum atomic E-state index is 13.0. The lowest BCUT2D eigenvalue weighted by molar-refractivity contribution is -0.120. The van der Waals surface area contributed by atoms with Gasteiger partial charge >= 0.3 is 0 Å². The van der Waals surface area contributed by atoms with E-state index in [9.17, 15) is 9.18 Å². The fraction of sp³-hybridized carbons (Fsp3) is 0.316. The van der Waals surface area contributed by atoms with Gasteiger partial charge in [0.15, 0.2) is 0 Å². The Bertz CT molecular complexity index is 632. The van der Waals surface area contributed by atoms with Crippen molar-refractivity contribution in [1.82, 2.24) is 5.32 Å². The molecule has 0 aliphatic heterocycles. The summed E-state index contributed by atoms with van der Waals surface area (Å²) in [6, 6.07) is 15.5. The van der Waals surface area contributed by atoms with Gasteiger partial charge in [0.05, 0.1) is 12.6 Å². The van der Waals surface area contributed by atoms with Crippen LogP contribution in [0, 0.1) is 5.82 Å². The van der Waals surface area contributed by atoms with E-state index in [1.165, 1.54) is 12.1 Å². The highest BCUT2D eigenvalue weighted by Gasteiger charge is 2.14. The normalized spacial score (nSPS) is 11.8. The summed E-state index contributed by atoms with van der Waals surface area (Å²) in [5.74, 6) is -0.412. The summed E-state index contributed by atoms with van der Waals surface area (Å²) in [6.45, 7) is 2.75. The van der Waals surface area contributed by atoms with E-state index in [-0.39, 0.29) is 30.9 Å². The summed E-state index contributed by atoms with van der Waals surface area (Å²) in [5.41, 5.74) is 1.79. The van der Waals surface area contributed by atoms with Crippen molar-refractivity contribution in [1.29, 1.82) is 0 Å². The van der Waals surface area contributed by atoms with Crippen LogP contribution in [0.5, 0.6) is 0 Å². The van der Waals surface area contributed by atoms with Crippen molar-refractivity contribution < 1.29 is 14.3 Å². The van der Waals surface area contributed by atoms with Gasteiger partial charge in [-0.2, -0.15) is 0 Å². The molecular weight excluding hydrogens is 307 g/mol. The third-order valence-corrected chi connectivity index (χ3v) is 3.79. The molecule has 0 radical (unpaired) electrons. The molecule has 2 aromatic carbocycles. The minimum Gasteiger partial charge on any atom is -0.396 e. The number of amides is 1. The predicted octanol–water partition coefficient (Wildman–Crippen LogP) is 2.89. The maximum absolute atomic E-state index is 13.0. The third kappa shape index (κ3) is 5.35. The molecule has 0 bridgehead atoms. The fourth-order valence-electron chi connectivity index (χ4n) is 2.50. The minimum absolute atomic E-state index is 0.0803. The number of anilines is 1. The number of rotatable bonds is 8. The van der Waals surface area contributed by atoms with Crippen molar-refractivity contribution in [2.75, 3.05) is 24.6 Å². The van der Waals surface area contributed by atoms with Crippen LogP contribution in [0.25, 0.3) is 0 Å². The average molecular weight is 330 g/mol. The van der Waals surface area contributed by atoms with Crippen molar-refractivity contribution in [3.8, 4) is 0 Å². The van der Waals surface area contributed by atoms with E-state index in [1.54, 1.807) is 12.1 Å². The molecule has 0 saturated heterocycles. The van der Waals surface area contributed by atoms with Crippen LogP contribution < -0.4 is 10.2 Å². The van der Waals surface area contributed by atoms with Crippen LogP contribution in [-0.2, 0) is 4.79 Å². The van der Waals surface area contributed by atoms with Crippen LogP contribution in [0.4, 0.5) is 10.1 Å². The molecule has 1 amide bonds. The molecule has 128 valence electrons. The monoisotopic (exact) mass is 330 g/mol. The van der Waals surface area contributed by atoms with E-state index in [1.807, 2.05) is 42.2 Å². The van der Waals surface area contributed by atoms with Gasteiger partial charge in [0.2, 0.25) is 5.91 Å². The molecule has 2 aromatic rings. The van der Waals surface area contributed by atoms with E-state index in [4.69, 9.17) is 5.11 Å². The lowest BCUT2D eigenvalue weighted by Gasteiger charge is -2.25. The lowest BCUT2D eigenvalue weighted by atomic mass is 10.1. The number of para-hydroxylation sites is 1. The van der Waals surface area contributed by atoms with Gasteiger partial charge in [0.1, 0.15) is 5.82 Å². The Morgan fingerprint density at radius 3 is 2.46 bits per heavy atom. The van der Waals surface area contributed by atoms with Gasteiger partial charge in [-0.3, -0.25) is 4.79 Å². The van der Waals surface area contributed by atoms with Crippen LogP contribution >= 0.6 is 0 Å². The van der Waals surface area contributed by atoms with Crippen molar-refractivity contribution in [2.45, 2.75) is 19.4 Å². The molecule has 4 nitrogen and oxygen atoms in total. The van der Waals surface area contributed by atoms with Crippen molar-refractivity contribution in [2.24, 2.45) is 0 Å². The standard InChI is InChI=1S/C19H23FN2O2/c1-15(16-8-10-17(20)11-9-16)21-19(24)14-22(12-5-13-23)18-6-3-2-4-7-18/h2-4,6-11,15,23H,5,12-14H2,1H3,(H,21,24). The molecular formula is C19H23FN2O2. The first-order valence-electron chi connectivity index (χ1n) is 8.06. The number of benzene rings is 2. The average Bonchev–Trinajstić information content (AvgIpc) is 2.59. The molecule has 0 aliphatic rings. The Kier molecular flexibility index (Phi) is 6.75. The van der Waals surface area contributed by atoms with Gasteiger partial charge < -0.3 is 15.3 Å².